The summed E-state index contributed by atoms with van der Waals surface area (Å²) in [5.74, 6) is 0.593. The zero-order chi connectivity index (χ0) is 17.5. The monoisotopic (exact) mass is 324 g/mol. The first-order valence-corrected chi connectivity index (χ1v) is 8.13. The minimum Gasteiger partial charge on any atom is -0.351 e. The Morgan fingerprint density at radius 1 is 1.33 bits per heavy atom. The molecule has 0 aliphatic heterocycles. The fourth-order valence-electron chi connectivity index (χ4n) is 2.51. The maximum atomic E-state index is 11.4. The number of nitrogens with zero attached hydrogens (tertiary/aromatic N) is 2. The van der Waals surface area contributed by atoms with Crippen LogP contribution in [0, 0.1) is 6.92 Å². The fourth-order valence-corrected chi connectivity index (χ4v) is 2.51. The average molecular weight is 324 g/mol. The van der Waals surface area contributed by atoms with E-state index in [2.05, 4.69) is 18.3 Å². The van der Waals surface area contributed by atoms with Crippen LogP contribution in [0.15, 0.2) is 48.6 Å². The largest absolute Gasteiger partial charge is 0.351 e. The molecule has 0 unspecified atom stereocenters. The first-order valence-electron chi connectivity index (χ1n) is 8.13. The highest BCUT2D eigenvalue weighted by Gasteiger charge is 2.18. The lowest BCUT2D eigenvalue weighted by molar-refractivity contribution is 0.259. The molecule has 0 atom stereocenters. The normalized spacial score (nSPS) is 11.9. The van der Waals surface area contributed by atoms with Crippen molar-refractivity contribution in [3.63, 3.8) is 0 Å². The summed E-state index contributed by atoms with van der Waals surface area (Å²) in [5.41, 5.74) is 8.98. The van der Waals surface area contributed by atoms with Crippen LogP contribution in [-0.2, 0) is 0 Å². The smallest absolute Gasteiger partial charge is 0.317 e. The minimum absolute atomic E-state index is 0.593. The summed E-state index contributed by atoms with van der Waals surface area (Å²) in [5, 5.41) is 7.43. The number of aromatic nitrogens is 2. The van der Waals surface area contributed by atoms with Crippen molar-refractivity contribution < 1.29 is 4.79 Å². The number of anilines is 1. The van der Waals surface area contributed by atoms with E-state index < -0.39 is 6.03 Å². The molecule has 126 valence electrons. The average Bonchev–Trinajstić information content (AvgIpc) is 2.89. The van der Waals surface area contributed by atoms with Crippen molar-refractivity contribution in [3.05, 3.63) is 59.8 Å². The van der Waals surface area contributed by atoms with E-state index in [9.17, 15) is 4.79 Å². The third-order valence-corrected chi connectivity index (χ3v) is 3.64. The number of rotatable bonds is 6. The fraction of sp³-hybridized carbons (Fsp3) is 0.263. The van der Waals surface area contributed by atoms with Crippen LogP contribution in [0.4, 0.5) is 10.6 Å². The molecular formula is C19H24N4O. The zero-order valence-electron chi connectivity index (χ0n) is 14.4. The number of para-hydroxylation sites is 1. The number of unbranched alkanes of at least 4 members (excludes halogenated alkanes) is 1. The molecule has 5 nitrogen and oxygen atoms in total. The van der Waals surface area contributed by atoms with E-state index in [1.807, 2.05) is 56.3 Å². The third kappa shape index (κ3) is 3.93. The number of amides is 2. The van der Waals surface area contributed by atoms with E-state index in [-0.39, 0.29) is 0 Å². The van der Waals surface area contributed by atoms with Crippen LogP contribution in [0.1, 0.15) is 37.9 Å². The second-order valence-electron chi connectivity index (χ2n) is 5.51. The topological polar surface area (TPSA) is 72.9 Å². The number of nitrogens with two attached hydrogens (primary N) is 1. The zero-order valence-corrected chi connectivity index (χ0v) is 14.4. The Balaban J connectivity index is 2.61. The van der Waals surface area contributed by atoms with E-state index in [1.165, 1.54) is 0 Å². The van der Waals surface area contributed by atoms with Crippen molar-refractivity contribution in [1.82, 2.24) is 9.78 Å². The first-order chi connectivity index (χ1) is 11.6. The molecule has 0 aliphatic rings. The molecule has 1 heterocycles. The van der Waals surface area contributed by atoms with Crippen molar-refractivity contribution in [1.29, 1.82) is 0 Å². The van der Waals surface area contributed by atoms with Gasteiger partial charge in [0.1, 0.15) is 5.82 Å². The Labute approximate surface area is 142 Å². The van der Waals surface area contributed by atoms with E-state index in [4.69, 9.17) is 10.8 Å². The molecule has 2 aromatic rings. The maximum Gasteiger partial charge on any atom is 0.317 e. The van der Waals surface area contributed by atoms with Crippen LogP contribution >= 0.6 is 0 Å². The second kappa shape index (κ2) is 8.15. The summed E-state index contributed by atoms with van der Waals surface area (Å²) >= 11 is 0. The highest BCUT2D eigenvalue weighted by molar-refractivity contribution is 5.89. The van der Waals surface area contributed by atoms with Crippen molar-refractivity contribution in [2.24, 2.45) is 5.73 Å². The molecule has 2 amide bonds. The molecule has 0 saturated carbocycles. The van der Waals surface area contributed by atoms with Gasteiger partial charge in [0.25, 0.3) is 0 Å². The van der Waals surface area contributed by atoms with E-state index in [0.29, 0.717) is 5.82 Å². The van der Waals surface area contributed by atoms with Crippen LogP contribution in [0.2, 0.25) is 0 Å². The number of benzene rings is 1. The van der Waals surface area contributed by atoms with Gasteiger partial charge in [-0.1, -0.05) is 49.8 Å². The van der Waals surface area contributed by atoms with Crippen LogP contribution in [-0.4, -0.2) is 15.8 Å². The molecule has 24 heavy (non-hydrogen) atoms. The summed E-state index contributed by atoms with van der Waals surface area (Å²) in [7, 11) is 0. The predicted molar refractivity (Wildman–Crippen MR) is 99.2 cm³/mol. The number of carbonyl (C=O) groups excluding carboxylic acids is 1. The maximum absolute atomic E-state index is 11.4. The van der Waals surface area contributed by atoms with E-state index in [0.717, 1.165) is 35.4 Å². The molecule has 3 N–H and O–H groups in total. The molecule has 2 rings (SSSR count). The Morgan fingerprint density at radius 2 is 2.04 bits per heavy atom. The number of hydrogen-bond donors (Lipinski definition) is 2. The van der Waals surface area contributed by atoms with E-state index in [1.54, 1.807) is 4.68 Å². The summed E-state index contributed by atoms with van der Waals surface area (Å²) in [6.07, 6.45) is 8.22. The van der Waals surface area contributed by atoms with Crippen LogP contribution in [0.3, 0.4) is 0 Å². The van der Waals surface area contributed by atoms with Gasteiger partial charge in [0, 0.05) is 5.56 Å². The highest BCUT2D eigenvalue weighted by Crippen LogP contribution is 2.28. The Kier molecular flexibility index (Phi) is 5.95. The van der Waals surface area contributed by atoms with Gasteiger partial charge in [-0.05, 0) is 38.0 Å². The minimum atomic E-state index is -0.605. The van der Waals surface area contributed by atoms with Gasteiger partial charge >= 0.3 is 6.03 Å². The van der Waals surface area contributed by atoms with Gasteiger partial charge in [-0.25, -0.2) is 9.48 Å². The van der Waals surface area contributed by atoms with Crippen molar-refractivity contribution in [3.8, 4) is 5.69 Å². The van der Waals surface area contributed by atoms with Gasteiger partial charge in [-0.3, -0.25) is 5.32 Å². The van der Waals surface area contributed by atoms with Gasteiger partial charge < -0.3 is 5.73 Å². The number of carbonyl (C=O) groups is 1. The molecule has 0 radical (unpaired) electrons. The molecule has 1 aromatic heterocycles. The molecule has 1 aromatic carbocycles. The van der Waals surface area contributed by atoms with Crippen LogP contribution < -0.4 is 11.1 Å². The summed E-state index contributed by atoms with van der Waals surface area (Å²) < 4.78 is 1.72. The Morgan fingerprint density at radius 3 is 2.62 bits per heavy atom. The molecule has 0 spiro atoms. The standard InChI is InChI=1S/C19H24N4O/c1-4-6-11-15(10-5-2)17-14(3)18(21-19(20)24)23(22-17)16-12-8-7-9-13-16/h5,7-13H,4,6H2,1-3H3,(H3,20,21,24)/b10-5-,15-11+. The molecule has 5 heteroatoms. The van der Waals surface area contributed by atoms with E-state index >= 15 is 0 Å². The summed E-state index contributed by atoms with van der Waals surface area (Å²) in [4.78, 5) is 11.4. The Hall–Kier alpha value is -2.82. The Bertz CT molecular complexity index is 757. The quantitative estimate of drug-likeness (QED) is 0.771. The summed E-state index contributed by atoms with van der Waals surface area (Å²) in [6, 6.07) is 9.07. The number of nitrogens with one attached hydrogen (secondary N) is 1. The lowest BCUT2D eigenvalue weighted by atomic mass is 10.1. The number of allylic oxidation sites excluding steroid dienone is 4. The van der Waals surface area contributed by atoms with Crippen LogP contribution in [0.25, 0.3) is 11.3 Å². The van der Waals surface area contributed by atoms with Gasteiger partial charge in [-0.2, -0.15) is 5.10 Å². The van der Waals surface area contributed by atoms with Crippen molar-refractivity contribution in [2.45, 2.75) is 33.6 Å². The third-order valence-electron chi connectivity index (χ3n) is 3.64. The first kappa shape index (κ1) is 17.5. The number of primary amides is 1. The van der Waals surface area contributed by atoms with Crippen LogP contribution in [0.5, 0.6) is 0 Å². The lowest BCUT2D eigenvalue weighted by Gasteiger charge is -2.07. The molecule has 0 fully saturated rings. The summed E-state index contributed by atoms with van der Waals surface area (Å²) in [6.45, 7) is 6.06. The highest BCUT2D eigenvalue weighted by atomic mass is 16.2. The van der Waals surface area contributed by atoms with Gasteiger partial charge in [-0.15, -0.1) is 0 Å². The SMILES string of the molecule is C/C=C\C(=C/CCC)c1nn(-c2ccccc2)c(NC(N)=O)c1C. The lowest BCUT2D eigenvalue weighted by Crippen LogP contribution is -2.21. The predicted octanol–water partition coefficient (Wildman–Crippen LogP) is 4.43. The molecule has 0 aliphatic carbocycles. The van der Waals surface area contributed by atoms with Crippen molar-refractivity contribution >= 4 is 17.4 Å². The van der Waals surface area contributed by atoms with Gasteiger partial charge in [0.2, 0.25) is 0 Å². The van der Waals surface area contributed by atoms with Crippen molar-refractivity contribution in [2.75, 3.05) is 5.32 Å². The second-order valence-corrected chi connectivity index (χ2v) is 5.51. The molecular weight excluding hydrogens is 300 g/mol. The van der Waals surface area contributed by atoms with Gasteiger partial charge in [0.05, 0.1) is 11.4 Å². The number of hydrogen-bond acceptors (Lipinski definition) is 2. The molecule has 0 saturated heterocycles. The number of urea groups is 1. The van der Waals surface area contributed by atoms with Gasteiger partial charge in [0.15, 0.2) is 0 Å². The molecule has 0 bridgehead atoms.